The summed E-state index contributed by atoms with van der Waals surface area (Å²) in [5.41, 5.74) is 1.52. The van der Waals surface area contributed by atoms with Gasteiger partial charge in [-0.25, -0.2) is 0 Å². The molecule has 5 heteroatoms. The summed E-state index contributed by atoms with van der Waals surface area (Å²) in [5.74, 6) is 0.751. The van der Waals surface area contributed by atoms with Crippen LogP contribution >= 0.6 is 0 Å². The van der Waals surface area contributed by atoms with E-state index in [2.05, 4.69) is 0 Å². The van der Waals surface area contributed by atoms with Crippen molar-refractivity contribution in [3.8, 4) is 5.75 Å². The van der Waals surface area contributed by atoms with E-state index in [4.69, 9.17) is 18.9 Å². The second-order valence-electron chi connectivity index (χ2n) is 4.59. The van der Waals surface area contributed by atoms with Gasteiger partial charge in [-0.2, -0.15) is 0 Å². The SMILES string of the molecule is COCCCOCCOCc1cc(C(C)=O)ccc1OC. The van der Waals surface area contributed by atoms with Crippen LogP contribution in [0.1, 0.15) is 29.3 Å². The van der Waals surface area contributed by atoms with E-state index >= 15 is 0 Å². The minimum atomic E-state index is 0.0281. The Morgan fingerprint density at radius 1 is 1.05 bits per heavy atom. The average molecular weight is 296 g/mol. The summed E-state index contributed by atoms with van der Waals surface area (Å²) in [6.45, 7) is 4.35. The van der Waals surface area contributed by atoms with Crippen LogP contribution in [-0.4, -0.2) is 46.4 Å². The maximum Gasteiger partial charge on any atom is 0.159 e. The number of Topliss-reactive ketones (excluding diaryl/α,β-unsaturated/α-hetero) is 1. The summed E-state index contributed by atoms with van der Waals surface area (Å²) in [6.07, 6.45) is 0.880. The number of carbonyl (C=O) groups excluding carboxylic acids is 1. The summed E-state index contributed by atoms with van der Waals surface area (Å²) >= 11 is 0. The number of rotatable bonds is 11. The second-order valence-corrected chi connectivity index (χ2v) is 4.59. The van der Waals surface area contributed by atoms with Crippen LogP contribution in [-0.2, 0) is 20.8 Å². The van der Waals surface area contributed by atoms with E-state index in [1.54, 1.807) is 39.3 Å². The Bertz CT molecular complexity index is 431. The van der Waals surface area contributed by atoms with E-state index in [-0.39, 0.29) is 5.78 Å². The number of carbonyl (C=O) groups is 1. The van der Waals surface area contributed by atoms with Gasteiger partial charge in [-0.05, 0) is 31.5 Å². The third kappa shape index (κ3) is 6.71. The molecule has 1 aromatic carbocycles. The van der Waals surface area contributed by atoms with Crippen molar-refractivity contribution in [2.24, 2.45) is 0 Å². The molecule has 0 saturated heterocycles. The monoisotopic (exact) mass is 296 g/mol. The van der Waals surface area contributed by atoms with Gasteiger partial charge in [0.25, 0.3) is 0 Å². The molecule has 0 unspecified atom stereocenters. The smallest absolute Gasteiger partial charge is 0.159 e. The van der Waals surface area contributed by atoms with Gasteiger partial charge >= 0.3 is 0 Å². The molecule has 1 rings (SSSR count). The third-order valence-electron chi connectivity index (χ3n) is 2.95. The first-order valence-electron chi connectivity index (χ1n) is 7.01. The van der Waals surface area contributed by atoms with E-state index in [9.17, 15) is 4.79 Å². The molecule has 0 heterocycles. The predicted octanol–water partition coefficient (Wildman–Crippen LogP) is 2.47. The Hall–Kier alpha value is -1.43. The lowest BCUT2D eigenvalue weighted by molar-refractivity contribution is 0.0331. The molecule has 0 fully saturated rings. The first-order chi connectivity index (χ1) is 10.2. The van der Waals surface area contributed by atoms with Gasteiger partial charge in [0.05, 0.1) is 26.9 Å². The van der Waals surface area contributed by atoms with Crippen LogP contribution in [0, 0.1) is 0 Å². The van der Waals surface area contributed by atoms with Crippen molar-refractivity contribution >= 4 is 5.78 Å². The highest BCUT2D eigenvalue weighted by atomic mass is 16.5. The van der Waals surface area contributed by atoms with E-state index < -0.39 is 0 Å². The number of hydrogen-bond donors (Lipinski definition) is 0. The highest BCUT2D eigenvalue weighted by Crippen LogP contribution is 2.21. The van der Waals surface area contributed by atoms with Gasteiger partial charge in [-0.1, -0.05) is 0 Å². The molecule has 118 valence electrons. The van der Waals surface area contributed by atoms with Gasteiger partial charge in [0, 0.05) is 31.5 Å². The van der Waals surface area contributed by atoms with E-state index in [1.165, 1.54) is 0 Å². The van der Waals surface area contributed by atoms with Gasteiger partial charge in [0.15, 0.2) is 5.78 Å². The molecule has 0 spiro atoms. The zero-order valence-corrected chi connectivity index (χ0v) is 13.0. The Kier molecular flexibility index (Phi) is 8.66. The van der Waals surface area contributed by atoms with Gasteiger partial charge in [0.1, 0.15) is 5.75 Å². The maximum absolute atomic E-state index is 11.4. The average Bonchev–Trinajstić information content (AvgIpc) is 2.49. The normalized spacial score (nSPS) is 10.6. The lowest BCUT2D eigenvalue weighted by Crippen LogP contribution is -2.07. The minimum absolute atomic E-state index is 0.0281. The maximum atomic E-state index is 11.4. The van der Waals surface area contributed by atoms with Crippen molar-refractivity contribution in [1.29, 1.82) is 0 Å². The first kappa shape index (κ1) is 17.6. The summed E-state index contributed by atoms with van der Waals surface area (Å²) in [7, 11) is 3.27. The summed E-state index contributed by atoms with van der Waals surface area (Å²) in [5, 5.41) is 0. The summed E-state index contributed by atoms with van der Waals surface area (Å²) < 4.78 is 21.2. The van der Waals surface area contributed by atoms with E-state index in [0.717, 1.165) is 17.7 Å². The molecule has 0 aliphatic rings. The molecule has 0 radical (unpaired) electrons. The molecule has 1 aromatic rings. The second kappa shape index (κ2) is 10.3. The van der Waals surface area contributed by atoms with Gasteiger partial charge in [0.2, 0.25) is 0 Å². The molecule has 0 aliphatic carbocycles. The fraction of sp³-hybridized carbons (Fsp3) is 0.562. The Morgan fingerprint density at radius 3 is 2.48 bits per heavy atom. The molecule has 0 amide bonds. The number of methoxy groups -OCH3 is 2. The zero-order chi connectivity index (χ0) is 15.5. The third-order valence-corrected chi connectivity index (χ3v) is 2.95. The van der Waals surface area contributed by atoms with Crippen molar-refractivity contribution in [2.45, 2.75) is 20.0 Å². The zero-order valence-electron chi connectivity index (χ0n) is 13.0. The fourth-order valence-electron chi connectivity index (χ4n) is 1.82. The largest absolute Gasteiger partial charge is 0.496 e. The molecular weight excluding hydrogens is 272 g/mol. The van der Waals surface area contributed by atoms with Gasteiger partial charge in [-0.15, -0.1) is 0 Å². The number of ketones is 1. The van der Waals surface area contributed by atoms with E-state index in [1.807, 2.05) is 0 Å². The lowest BCUT2D eigenvalue weighted by atomic mass is 10.1. The van der Waals surface area contributed by atoms with Crippen molar-refractivity contribution < 1.29 is 23.7 Å². The van der Waals surface area contributed by atoms with Crippen molar-refractivity contribution in [2.75, 3.05) is 40.6 Å². The molecule has 0 bridgehead atoms. The van der Waals surface area contributed by atoms with Gasteiger partial charge < -0.3 is 18.9 Å². The topological polar surface area (TPSA) is 54.0 Å². The Labute approximate surface area is 126 Å². The number of benzene rings is 1. The molecule has 0 saturated carbocycles. The van der Waals surface area contributed by atoms with Crippen LogP contribution < -0.4 is 4.74 Å². The van der Waals surface area contributed by atoms with E-state index in [0.29, 0.717) is 38.6 Å². The fourth-order valence-corrected chi connectivity index (χ4v) is 1.82. The van der Waals surface area contributed by atoms with Crippen LogP contribution in [0.4, 0.5) is 0 Å². The van der Waals surface area contributed by atoms with Gasteiger partial charge in [-0.3, -0.25) is 4.79 Å². The van der Waals surface area contributed by atoms with Crippen LogP contribution in [0.2, 0.25) is 0 Å². The number of ether oxygens (including phenoxy) is 4. The number of hydrogen-bond acceptors (Lipinski definition) is 5. The predicted molar refractivity (Wildman–Crippen MR) is 80.0 cm³/mol. The summed E-state index contributed by atoms with van der Waals surface area (Å²) in [4.78, 5) is 11.4. The standard InChI is InChI=1S/C16H24O5/c1-13(17)14-5-6-16(19-3)15(11-14)12-21-10-9-20-8-4-7-18-2/h5-6,11H,4,7-10,12H2,1-3H3. The molecule has 0 aliphatic heterocycles. The molecule has 0 aromatic heterocycles. The molecule has 5 nitrogen and oxygen atoms in total. The summed E-state index contributed by atoms with van der Waals surface area (Å²) in [6, 6.07) is 5.35. The molecule has 0 N–H and O–H groups in total. The Balaban J connectivity index is 2.33. The van der Waals surface area contributed by atoms with Crippen LogP contribution in [0.15, 0.2) is 18.2 Å². The Morgan fingerprint density at radius 2 is 1.81 bits per heavy atom. The highest BCUT2D eigenvalue weighted by Gasteiger charge is 2.07. The van der Waals surface area contributed by atoms with Crippen molar-refractivity contribution in [3.63, 3.8) is 0 Å². The van der Waals surface area contributed by atoms with Crippen LogP contribution in [0.25, 0.3) is 0 Å². The van der Waals surface area contributed by atoms with Crippen molar-refractivity contribution in [1.82, 2.24) is 0 Å². The first-order valence-corrected chi connectivity index (χ1v) is 7.01. The highest BCUT2D eigenvalue weighted by molar-refractivity contribution is 5.94. The van der Waals surface area contributed by atoms with Crippen molar-refractivity contribution in [3.05, 3.63) is 29.3 Å². The van der Waals surface area contributed by atoms with Crippen LogP contribution in [0.3, 0.4) is 0 Å². The molecule has 21 heavy (non-hydrogen) atoms. The molecular formula is C16H24O5. The van der Waals surface area contributed by atoms with Crippen LogP contribution in [0.5, 0.6) is 5.75 Å². The lowest BCUT2D eigenvalue weighted by Gasteiger charge is -2.11. The quantitative estimate of drug-likeness (QED) is 0.464. The minimum Gasteiger partial charge on any atom is -0.496 e. The molecule has 0 atom stereocenters.